The van der Waals surface area contributed by atoms with Crippen LogP contribution in [-0.4, -0.2) is 31.1 Å². The molecule has 1 rings (SSSR count). The van der Waals surface area contributed by atoms with Crippen molar-refractivity contribution in [2.24, 2.45) is 5.73 Å². The maximum Gasteiger partial charge on any atom is 0.119 e. The molecule has 0 fully saturated rings. The second-order valence-corrected chi connectivity index (χ2v) is 4.91. The van der Waals surface area contributed by atoms with Crippen LogP contribution in [0.4, 0.5) is 0 Å². The van der Waals surface area contributed by atoms with E-state index in [9.17, 15) is 0 Å². The van der Waals surface area contributed by atoms with E-state index in [2.05, 4.69) is 30.9 Å². The van der Waals surface area contributed by atoms with Crippen molar-refractivity contribution in [1.82, 2.24) is 4.90 Å². The van der Waals surface area contributed by atoms with Crippen molar-refractivity contribution in [2.45, 2.75) is 39.7 Å². The first-order valence-corrected chi connectivity index (χ1v) is 7.41. The molecule has 0 bridgehead atoms. The molecular formula is C16H28N2O. The quantitative estimate of drug-likeness (QED) is 0.744. The van der Waals surface area contributed by atoms with Gasteiger partial charge in [0.2, 0.25) is 0 Å². The van der Waals surface area contributed by atoms with Crippen molar-refractivity contribution >= 4 is 0 Å². The maximum absolute atomic E-state index is 6.30. The number of hydrogen-bond donors (Lipinski definition) is 1. The summed E-state index contributed by atoms with van der Waals surface area (Å²) < 4.78 is 5.45. The van der Waals surface area contributed by atoms with E-state index in [1.54, 1.807) is 0 Å². The predicted molar refractivity (Wildman–Crippen MR) is 81.6 cm³/mol. The predicted octanol–water partition coefficient (Wildman–Crippen LogP) is 3.21. The Bertz CT molecular complexity index is 331. The molecule has 19 heavy (non-hydrogen) atoms. The zero-order valence-electron chi connectivity index (χ0n) is 12.6. The summed E-state index contributed by atoms with van der Waals surface area (Å²) in [6, 6.07) is 8.23. The summed E-state index contributed by atoms with van der Waals surface area (Å²) in [7, 11) is 0. The van der Waals surface area contributed by atoms with Gasteiger partial charge in [0.05, 0.1) is 6.61 Å². The van der Waals surface area contributed by atoms with E-state index >= 15 is 0 Å². The summed E-state index contributed by atoms with van der Waals surface area (Å²) in [5.74, 6) is 0.914. The van der Waals surface area contributed by atoms with Gasteiger partial charge < -0.3 is 15.4 Å². The van der Waals surface area contributed by atoms with Crippen LogP contribution in [0.2, 0.25) is 0 Å². The van der Waals surface area contributed by atoms with E-state index in [0.29, 0.717) is 6.61 Å². The number of hydrogen-bond acceptors (Lipinski definition) is 3. The molecule has 0 saturated heterocycles. The molecule has 0 aliphatic carbocycles. The third-order valence-electron chi connectivity index (χ3n) is 3.15. The van der Waals surface area contributed by atoms with Crippen molar-refractivity contribution in [3.8, 4) is 5.75 Å². The zero-order chi connectivity index (χ0) is 14.1. The topological polar surface area (TPSA) is 38.5 Å². The minimum Gasteiger partial charge on any atom is -0.494 e. The van der Waals surface area contributed by atoms with Crippen LogP contribution in [0.5, 0.6) is 5.75 Å². The van der Waals surface area contributed by atoms with Crippen LogP contribution in [0.1, 0.15) is 45.2 Å². The number of nitrogens with two attached hydrogens (primary N) is 1. The van der Waals surface area contributed by atoms with Crippen molar-refractivity contribution in [1.29, 1.82) is 0 Å². The number of nitrogens with zero attached hydrogens (tertiary/aromatic N) is 1. The molecule has 0 radical (unpaired) electrons. The molecule has 108 valence electrons. The molecular weight excluding hydrogens is 236 g/mol. The highest BCUT2D eigenvalue weighted by molar-refractivity contribution is 5.29. The summed E-state index contributed by atoms with van der Waals surface area (Å²) in [5, 5.41) is 0. The highest BCUT2D eigenvalue weighted by Gasteiger charge is 2.11. The molecule has 3 nitrogen and oxygen atoms in total. The van der Waals surface area contributed by atoms with Gasteiger partial charge in [-0.1, -0.05) is 26.0 Å². The van der Waals surface area contributed by atoms with Crippen LogP contribution in [0.25, 0.3) is 0 Å². The van der Waals surface area contributed by atoms with Gasteiger partial charge >= 0.3 is 0 Å². The van der Waals surface area contributed by atoms with Gasteiger partial charge in [0.1, 0.15) is 5.75 Å². The monoisotopic (exact) mass is 264 g/mol. The summed E-state index contributed by atoms with van der Waals surface area (Å²) in [4.78, 5) is 2.45. The van der Waals surface area contributed by atoms with Gasteiger partial charge in [-0.15, -0.1) is 0 Å². The van der Waals surface area contributed by atoms with E-state index in [1.807, 2.05) is 19.1 Å². The Balaban J connectivity index is 2.57. The molecule has 0 aliphatic rings. The molecule has 2 N–H and O–H groups in total. The zero-order valence-corrected chi connectivity index (χ0v) is 12.6. The van der Waals surface area contributed by atoms with E-state index in [-0.39, 0.29) is 6.04 Å². The fourth-order valence-corrected chi connectivity index (χ4v) is 2.29. The van der Waals surface area contributed by atoms with E-state index in [0.717, 1.165) is 25.4 Å². The third-order valence-corrected chi connectivity index (χ3v) is 3.15. The Kier molecular flexibility index (Phi) is 7.53. The van der Waals surface area contributed by atoms with Crippen LogP contribution < -0.4 is 10.5 Å². The van der Waals surface area contributed by atoms with Gasteiger partial charge in [0, 0.05) is 12.6 Å². The first-order valence-electron chi connectivity index (χ1n) is 7.41. The average Bonchev–Trinajstić information content (AvgIpc) is 2.40. The van der Waals surface area contributed by atoms with Gasteiger partial charge in [-0.2, -0.15) is 0 Å². The first kappa shape index (κ1) is 16.0. The summed E-state index contributed by atoms with van der Waals surface area (Å²) in [5.41, 5.74) is 7.48. The Labute approximate surface area is 117 Å². The van der Waals surface area contributed by atoms with Gasteiger partial charge in [-0.3, -0.25) is 0 Å². The lowest BCUT2D eigenvalue weighted by molar-refractivity contribution is 0.258. The summed E-state index contributed by atoms with van der Waals surface area (Å²) in [6.45, 7) is 10.3. The second kappa shape index (κ2) is 8.94. The molecule has 0 aliphatic heterocycles. The van der Waals surface area contributed by atoms with Crippen molar-refractivity contribution < 1.29 is 4.74 Å². The average molecular weight is 264 g/mol. The number of benzene rings is 1. The van der Waals surface area contributed by atoms with Gasteiger partial charge in [-0.25, -0.2) is 0 Å². The lowest BCUT2D eigenvalue weighted by atomic mass is 10.1. The molecule has 1 aromatic rings. The number of ether oxygens (including phenoxy) is 1. The standard InChI is InChI=1S/C16H28N2O/c1-4-11-18(12-5-2)13-16(17)14-7-9-15(10-8-14)19-6-3/h7-10,16H,4-6,11-13,17H2,1-3H3. The molecule has 1 unspecified atom stereocenters. The molecule has 0 spiro atoms. The molecule has 0 aromatic heterocycles. The Morgan fingerprint density at radius 2 is 1.63 bits per heavy atom. The van der Waals surface area contributed by atoms with E-state index < -0.39 is 0 Å². The fraction of sp³-hybridized carbons (Fsp3) is 0.625. The molecule has 3 heteroatoms. The Morgan fingerprint density at radius 1 is 1.05 bits per heavy atom. The van der Waals surface area contributed by atoms with Crippen molar-refractivity contribution in [3.05, 3.63) is 29.8 Å². The van der Waals surface area contributed by atoms with Crippen LogP contribution in [0.15, 0.2) is 24.3 Å². The lowest BCUT2D eigenvalue weighted by Gasteiger charge is -2.25. The normalized spacial score (nSPS) is 12.7. The summed E-state index contributed by atoms with van der Waals surface area (Å²) >= 11 is 0. The van der Waals surface area contributed by atoms with Crippen molar-refractivity contribution in [2.75, 3.05) is 26.2 Å². The highest BCUT2D eigenvalue weighted by atomic mass is 16.5. The van der Waals surface area contributed by atoms with Crippen molar-refractivity contribution in [3.63, 3.8) is 0 Å². The smallest absolute Gasteiger partial charge is 0.119 e. The van der Waals surface area contributed by atoms with Crippen LogP contribution in [0, 0.1) is 0 Å². The van der Waals surface area contributed by atoms with E-state index in [1.165, 1.54) is 18.4 Å². The molecule has 1 aromatic carbocycles. The first-order chi connectivity index (χ1) is 9.21. The van der Waals surface area contributed by atoms with E-state index in [4.69, 9.17) is 10.5 Å². The summed E-state index contributed by atoms with van der Waals surface area (Å²) in [6.07, 6.45) is 2.35. The highest BCUT2D eigenvalue weighted by Crippen LogP contribution is 2.17. The second-order valence-electron chi connectivity index (χ2n) is 4.91. The molecule has 0 heterocycles. The van der Waals surface area contributed by atoms with Gasteiger partial charge in [-0.05, 0) is 50.6 Å². The molecule has 1 atom stereocenters. The van der Waals surface area contributed by atoms with Crippen LogP contribution >= 0.6 is 0 Å². The lowest BCUT2D eigenvalue weighted by Crippen LogP contribution is -2.33. The maximum atomic E-state index is 6.30. The third kappa shape index (κ3) is 5.62. The van der Waals surface area contributed by atoms with Crippen LogP contribution in [0.3, 0.4) is 0 Å². The largest absolute Gasteiger partial charge is 0.494 e. The fourth-order valence-electron chi connectivity index (χ4n) is 2.29. The molecule has 0 amide bonds. The van der Waals surface area contributed by atoms with Gasteiger partial charge in [0.25, 0.3) is 0 Å². The minimum atomic E-state index is 0.0776. The Hall–Kier alpha value is -1.06. The van der Waals surface area contributed by atoms with Gasteiger partial charge in [0.15, 0.2) is 0 Å². The number of rotatable bonds is 9. The Morgan fingerprint density at radius 3 is 2.11 bits per heavy atom. The van der Waals surface area contributed by atoms with Crippen LogP contribution in [-0.2, 0) is 0 Å². The minimum absolute atomic E-state index is 0.0776. The SMILES string of the molecule is CCCN(CCC)CC(N)c1ccc(OCC)cc1. The molecule has 0 saturated carbocycles.